The first-order valence-corrected chi connectivity index (χ1v) is 12.6. The fourth-order valence-electron chi connectivity index (χ4n) is 4.75. The number of nitrogens with zero attached hydrogens (tertiary/aromatic N) is 1. The second kappa shape index (κ2) is 10.2. The van der Waals surface area contributed by atoms with E-state index in [-0.39, 0.29) is 28.3 Å². The summed E-state index contributed by atoms with van der Waals surface area (Å²) in [6.45, 7) is 0.411. The van der Waals surface area contributed by atoms with Crippen molar-refractivity contribution in [2.24, 2.45) is 0 Å². The SMILES string of the molecule is N#CC(=Cc1c[nH]c2ccc(OCc3ccccc3)cc12)C(=O)Nc1ccc2c(c1)C(=O)c1ccccc1C2=O. The molecule has 1 aromatic heterocycles. The largest absolute Gasteiger partial charge is 0.489 e. The molecular formula is C33H21N3O4. The van der Waals surface area contributed by atoms with Gasteiger partial charge in [-0.1, -0.05) is 54.6 Å². The van der Waals surface area contributed by atoms with Crippen molar-refractivity contribution in [1.29, 1.82) is 5.26 Å². The predicted molar refractivity (Wildman–Crippen MR) is 151 cm³/mol. The highest BCUT2D eigenvalue weighted by atomic mass is 16.5. The highest BCUT2D eigenvalue weighted by Crippen LogP contribution is 2.30. The Balaban J connectivity index is 1.24. The van der Waals surface area contributed by atoms with Crippen LogP contribution in [0.2, 0.25) is 0 Å². The van der Waals surface area contributed by atoms with Gasteiger partial charge in [-0.3, -0.25) is 14.4 Å². The van der Waals surface area contributed by atoms with E-state index in [0.717, 1.165) is 16.5 Å². The molecule has 0 atom stereocenters. The maximum atomic E-state index is 13.1. The van der Waals surface area contributed by atoms with Gasteiger partial charge in [-0.25, -0.2) is 0 Å². The minimum absolute atomic E-state index is 0.123. The van der Waals surface area contributed by atoms with E-state index in [1.807, 2.05) is 54.6 Å². The average Bonchev–Trinajstić information content (AvgIpc) is 3.39. The van der Waals surface area contributed by atoms with Gasteiger partial charge in [0.15, 0.2) is 11.6 Å². The molecule has 0 spiro atoms. The fourth-order valence-corrected chi connectivity index (χ4v) is 4.75. The van der Waals surface area contributed by atoms with E-state index in [2.05, 4.69) is 10.3 Å². The van der Waals surface area contributed by atoms with Crippen LogP contribution in [0.4, 0.5) is 5.69 Å². The molecule has 40 heavy (non-hydrogen) atoms. The molecule has 4 aromatic carbocycles. The molecule has 1 heterocycles. The van der Waals surface area contributed by atoms with Gasteiger partial charge in [0, 0.05) is 50.6 Å². The van der Waals surface area contributed by atoms with E-state index in [0.29, 0.717) is 34.7 Å². The van der Waals surface area contributed by atoms with Crippen LogP contribution in [0.25, 0.3) is 17.0 Å². The van der Waals surface area contributed by atoms with Crippen LogP contribution < -0.4 is 10.1 Å². The van der Waals surface area contributed by atoms with Crippen LogP contribution in [0.3, 0.4) is 0 Å². The van der Waals surface area contributed by atoms with Crippen molar-refractivity contribution >= 4 is 40.1 Å². The number of H-pyrrole nitrogens is 1. The molecule has 1 aliphatic carbocycles. The van der Waals surface area contributed by atoms with E-state index < -0.39 is 5.91 Å². The Morgan fingerprint density at radius 2 is 1.55 bits per heavy atom. The molecule has 0 radical (unpaired) electrons. The van der Waals surface area contributed by atoms with Crippen LogP contribution in [0, 0.1) is 11.3 Å². The first-order valence-electron chi connectivity index (χ1n) is 12.6. The van der Waals surface area contributed by atoms with Gasteiger partial charge in [-0.15, -0.1) is 0 Å². The number of rotatable bonds is 6. The standard InChI is InChI=1S/C33H21N3O4/c34-17-21(14-22-18-35-30-13-11-24(16-28(22)30)40-19-20-6-2-1-3-7-20)33(39)36-23-10-12-27-29(15-23)32(38)26-9-5-4-8-25(26)31(27)37/h1-16,18,35H,19H2,(H,36,39). The number of hydrogen-bond donors (Lipinski definition) is 2. The third kappa shape index (κ3) is 4.55. The third-order valence-electron chi connectivity index (χ3n) is 6.78. The number of nitrogens with one attached hydrogen (secondary N) is 2. The number of carbonyl (C=O) groups is 3. The number of amides is 1. The highest BCUT2D eigenvalue weighted by Gasteiger charge is 2.29. The number of anilines is 1. The number of carbonyl (C=O) groups excluding carboxylic acids is 3. The van der Waals surface area contributed by atoms with E-state index in [1.165, 1.54) is 18.2 Å². The monoisotopic (exact) mass is 523 g/mol. The Kier molecular flexibility index (Phi) is 6.27. The summed E-state index contributed by atoms with van der Waals surface area (Å²) in [6, 6.07) is 28.6. The molecule has 6 rings (SSSR count). The van der Waals surface area contributed by atoms with Gasteiger partial charge in [0.25, 0.3) is 5.91 Å². The predicted octanol–water partition coefficient (Wildman–Crippen LogP) is 6.07. The van der Waals surface area contributed by atoms with Crippen LogP contribution in [-0.4, -0.2) is 22.5 Å². The molecule has 2 N–H and O–H groups in total. The molecule has 7 heteroatoms. The van der Waals surface area contributed by atoms with Crippen molar-refractivity contribution in [2.75, 3.05) is 5.32 Å². The van der Waals surface area contributed by atoms with E-state index in [1.54, 1.807) is 36.5 Å². The number of ether oxygens (including phenoxy) is 1. The Morgan fingerprint density at radius 3 is 2.30 bits per heavy atom. The molecule has 0 saturated heterocycles. The van der Waals surface area contributed by atoms with Crippen molar-refractivity contribution in [3.05, 3.63) is 136 Å². The molecule has 0 saturated carbocycles. The molecule has 5 aromatic rings. The molecule has 0 bridgehead atoms. The summed E-state index contributed by atoms with van der Waals surface area (Å²) >= 11 is 0. The number of nitriles is 1. The van der Waals surface area contributed by atoms with Gasteiger partial charge in [0.05, 0.1) is 0 Å². The van der Waals surface area contributed by atoms with E-state index in [4.69, 9.17) is 4.74 Å². The number of aromatic nitrogens is 1. The minimum atomic E-state index is -0.636. The maximum Gasteiger partial charge on any atom is 0.266 e. The normalized spacial score (nSPS) is 12.4. The molecule has 7 nitrogen and oxygen atoms in total. The second-order valence-electron chi connectivity index (χ2n) is 9.31. The Labute approximate surface area is 229 Å². The van der Waals surface area contributed by atoms with Crippen molar-refractivity contribution in [3.8, 4) is 11.8 Å². The Hall–Kier alpha value is -5.74. The van der Waals surface area contributed by atoms with Crippen LogP contribution in [-0.2, 0) is 11.4 Å². The second-order valence-corrected chi connectivity index (χ2v) is 9.31. The molecule has 1 aliphatic rings. The van der Waals surface area contributed by atoms with Gasteiger partial charge in [0.1, 0.15) is 24.0 Å². The summed E-state index contributed by atoms with van der Waals surface area (Å²) in [6.07, 6.45) is 3.22. The van der Waals surface area contributed by atoms with E-state index in [9.17, 15) is 19.6 Å². The number of hydrogen-bond acceptors (Lipinski definition) is 5. The topological polar surface area (TPSA) is 112 Å². The zero-order valence-electron chi connectivity index (χ0n) is 21.1. The van der Waals surface area contributed by atoms with Gasteiger partial charge < -0.3 is 15.0 Å². The van der Waals surface area contributed by atoms with E-state index >= 15 is 0 Å². The van der Waals surface area contributed by atoms with Crippen LogP contribution >= 0.6 is 0 Å². The number of ketones is 2. The quantitative estimate of drug-likeness (QED) is 0.203. The summed E-state index contributed by atoms with van der Waals surface area (Å²) in [5.41, 5.74) is 3.88. The van der Waals surface area contributed by atoms with Gasteiger partial charge >= 0.3 is 0 Å². The maximum absolute atomic E-state index is 13.1. The molecule has 0 aliphatic heterocycles. The summed E-state index contributed by atoms with van der Waals surface area (Å²) in [4.78, 5) is 42.1. The molecular weight excluding hydrogens is 502 g/mol. The van der Waals surface area contributed by atoms with Crippen molar-refractivity contribution in [3.63, 3.8) is 0 Å². The molecule has 192 valence electrons. The summed E-state index contributed by atoms with van der Waals surface area (Å²) in [5, 5.41) is 13.3. The van der Waals surface area contributed by atoms with Gasteiger partial charge in [0.2, 0.25) is 0 Å². The average molecular weight is 524 g/mol. The first-order chi connectivity index (χ1) is 19.5. The van der Waals surface area contributed by atoms with Crippen molar-refractivity contribution in [2.45, 2.75) is 6.61 Å². The lowest BCUT2D eigenvalue weighted by Crippen LogP contribution is -2.21. The molecule has 0 fully saturated rings. The number of fused-ring (bicyclic) bond motifs is 3. The molecule has 1 amide bonds. The first kappa shape index (κ1) is 24.6. The van der Waals surface area contributed by atoms with Gasteiger partial charge in [-0.05, 0) is 48.0 Å². The zero-order chi connectivity index (χ0) is 27.6. The van der Waals surface area contributed by atoms with Crippen LogP contribution in [0.1, 0.15) is 43.0 Å². The lowest BCUT2D eigenvalue weighted by atomic mass is 9.84. The molecule has 0 unspecified atom stereocenters. The summed E-state index contributed by atoms with van der Waals surface area (Å²) in [7, 11) is 0. The summed E-state index contributed by atoms with van der Waals surface area (Å²) < 4.78 is 5.94. The highest BCUT2D eigenvalue weighted by molar-refractivity contribution is 6.28. The lowest BCUT2D eigenvalue weighted by Gasteiger charge is -2.18. The summed E-state index contributed by atoms with van der Waals surface area (Å²) in [5.74, 6) is -0.514. The Morgan fingerprint density at radius 1 is 0.850 bits per heavy atom. The van der Waals surface area contributed by atoms with Crippen LogP contribution in [0.5, 0.6) is 5.75 Å². The fraction of sp³-hybridized carbons (Fsp3) is 0.0303. The number of benzene rings is 4. The van der Waals surface area contributed by atoms with Crippen LogP contribution in [0.15, 0.2) is 103 Å². The zero-order valence-corrected chi connectivity index (χ0v) is 21.1. The number of aromatic amines is 1. The van der Waals surface area contributed by atoms with Crippen molar-refractivity contribution < 1.29 is 19.1 Å². The minimum Gasteiger partial charge on any atom is -0.489 e. The lowest BCUT2D eigenvalue weighted by molar-refractivity contribution is -0.112. The third-order valence-corrected chi connectivity index (χ3v) is 6.78. The smallest absolute Gasteiger partial charge is 0.266 e. The Bertz CT molecular complexity index is 1890. The van der Waals surface area contributed by atoms with Crippen molar-refractivity contribution in [1.82, 2.24) is 4.98 Å². The van der Waals surface area contributed by atoms with Gasteiger partial charge in [-0.2, -0.15) is 5.26 Å².